The van der Waals surface area contributed by atoms with E-state index in [-0.39, 0.29) is 23.6 Å². The number of hydrogen-bond acceptors (Lipinski definition) is 2. The minimum Gasteiger partial charge on any atom is -0.383 e. The summed E-state index contributed by atoms with van der Waals surface area (Å²) >= 11 is 0. The van der Waals surface area contributed by atoms with Crippen LogP contribution in [0.15, 0.2) is 54.6 Å². The first kappa shape index (κ1) is 16.7. The fourth-order valence-corrected chi connectivity index (χ4v) is 3.05. The van der Waals surface area contributed by atoms with Crippen LogP contribution in [0.25, 0.3) is 0 Å². The van der Waals surface area contributed by atoms with Gasteiger partial charge in [0.2, 0.25) is 5.91 Å². The summed E-state index contributed by atoms with van der Waals surface area (Å²) in [6.45, 7) is 1.69. The number of carbonyl (C=O) groups excluding carboxylic acids is 1. The van der Waals surface area contributed by atoms with Gasteiger partial charge in [0.25, 0.3) is 0 Å². The van der Waals surface area contributed by atoms with Gasteiger partial charge in [-0.2, -0.15) is 0 Å². The van der Waals surface area contributed by atoms with E-state index in [0.29, 0.717) is 19.7 Å². The molecule has 126 valence electrons. The van der Waals surface area contributed by atoms with Crippen LogP contribution in [0.1, 0.15) is 23.5 Å². The Morgan fingerprint density at radius 2 is 1.88 bits per heavy atom. The molecule has 2 aromatic carbocycles. The van der Waals surface area contributed by atoms with Crippen molar-refractivity contribution in [1.29, 1.82) is 0 Å². The first-order valence-corrected chi connectivity index (χ1v) is 8.26. The molecule has 3 rings (SSSR count). The summed E-state index contributed by atoms with van der Waals surface area (Å²) in [5.41, 5.74) is 2.15. The van der Waals surface area contributed by atoms with Crippen LogP contribution in [0.2, 0.25) is 0 Å². The molecule has 1 aliphatic rings. The largest absolute Gasteiger partial charge is 0.383 e. The van der Waals surface area contributed by atoms with Crippen molar-refractivity contribution in [3.8, 4) is 0 Å². The van der Waals surface area contributed by atoms with Gasteiger partial charge in [0.1, 0.15) is 5.82 Å². The van der Waals surface area contributed by atoms with Crippen LogP contribution in [0, 0.1) is 11.7 Å². The van der Waals surface area contributed by atoms with Crippen molar-refractivity contribution in [2.75, 3.05) is 20.3 Å². The number of hydrogen-bond donors (Lipinski definition) is 0. The Labute approximate surface area is 142 Å². The van der Waals surface area contributed by atoms with Crippen LogP contribution < -0.4 is 0 Å². The summed E-state index contributed by atoms with van der Waals surface area (Å²) in [7, 11) is 1.64. The lowest BCUT2D eigenvalue weighted by atomic mass is 10.1. The van der Waals surface area contributed by atoms with Gasteiger partial charge in [-0.05, 0) is 35.6 Å². The molecule has 0 aromatic heterocycles. The Morgan fingerprint density at radius 1 is 1.17 bits per heavy atom. The van der Waals surface area contributed by atoms with Crippen LogP contribution in [0.3, 0.4) is 0 Å². The van der Waals surface area contributed by atoms with Gasteiger partial charge in [-0.25, -0.2) is 4.39 Å². The van der Waals surface area contributed by atoms with E-state index in [1.165, 1.54) is 12.1 Å². The highest BCUT2D eigenvalue weighted by molar-refractivity contribution is 5.83. The Kier molecular flexibility index (Phi) is 5.26. The van der Waals surface area contributed by atoms with E-state index >= 15 is 0 Å². The summed E-state index contributed by atoms with van der Waals surface area (Å²) in [5.74, 6) is 0.119. The van der Waals surface area contributed by atoms with Crippen molar-refractivity contribution in [2.45, 2.75) is 18.9 Å². The third-order valence-electron chi connectivity index (χ3n) is 4.50. The zero-order valence-electron chi connectivity index (χ0n) is 13.8. The molecule has 0 aliphatic heterocycles. The normalized spacial score (nSPS) is 19.1. The van der Waals surface area contributed by atoms with Crippen molar-refractivity contribution in [3.05, 3.63) is 71.5 Å². The third kappa shape index (κ3) is 4.01. The standard InChI is InChI=1S/C20H22FNO2/c1-24-12-11-22(14-15-5-3-2-4-6-15)20(23)19-13-18(19)16-7-9-17(21)10-8-16/h2-10,18-19H,11-14H2,1H3. The van der Waals surface area contributed by atoms with Gasteiger partial charge >= 0.3 is 0 Å². The predicted molar refractivity (Wildman–Crippen MR) is 91.0 cm³/mol. The zero-order valence-corrected chi connectivity index (χ0v) is 13.8. The molecule has 0 saturated heterocycles. The van der Waals surface area contributed by atoms with Crippen LogP contribution in [0.4, 0.5) is 4.39 Å². The molecule has 24 heavy (non-hydrogen) atoms. The van der Waals surface area contributed by atoms with Crippen LogP contribution in [-0.2, 0) is 16.1 Å². The van der Waals surface area contributed by atoms with E-state index in [0.717, 1.165) is 17.5 Å². The summed E-state index contributed by atoms with van der Waals surface area (Å²) < 4.78 is 18.2. The molecule has 2 aromatic rings. The van der Waals surface area contributed by atoms with Gasteiger partial charge < -0.3 is 9.64 Å². The molecule has 0 radical (unpaired) electrons. The molecule has 0 N–H and O–H groups in total. The molecule has 1 saturated carbocycles. The minimum absolute atomic E-state index is 0.00368. The smallest absolute Gasteiger partial charge is 0.226 e. The SMILES string of the molecule is COCCN(Cc1ccccc1)C(=O)C1CC1c1ccc(F)cc1. The Hall–Kier alpha value is -2.20. The monoisotopic (exact) mass is 327 g/mol. The summed E-state index contributed by atoms with van der Waals surface area (Å²) in [5, 5.41) is 0. The lowest BCUT2D eigenvalue weighted by Gasteiger charge is -2.23. The molecule has 2 atom stereocenters. The average molecular weight is 327 g/mol. The molecule has 4 heteroatoms. The first-order chi connectivity index (χ1) is 11.7. The van der Waals surface area contributed by atoms with Crippen molar-refractivity contribution in [2.24, 2.45) is 5.92 Å². The minimum atomic E-state index is -0.243. The molecule has 1 amide bonds. The number of methoxy groups -OCH3 is 1. The molecule has 1 fully saturated rings. The maximum absolute atomic E-state index is 13.0. The van der Waals surface area contributed by atoms with Gasteiger partial charge in [-0.3, -0.25) is 4.79 Å². The highest BCUT2D eigenvalue weighted by Gasteiger charge is 2.45. The molecule has 2 unspecified atom stereocenters. The summed E-state index contributed by atoms with van der Waals surface area (Å²) in [4.78, 5) is 14.7. The number of ether oxygens (including phenoxy) is 1. The molecule has 0 bridgehead atoms. The number of amides is 1. The highest BCUT2D eigenvalue weighted by atomic mass is 19.1. The first-order valence-electron chi connectivity index (χ1n) is 8.26. The Morgan fingerprint density at radius 3 is 2.54 bits per heavy atom. The average Bonchev–Trinajstić information content (AvgIpc) is 3.40. The van der Waals surface area contributed by atoms with E-state index in [2.05, 4.69) is 0 Å². The second kappa shape index (κ2) is 7.58. The topological polar surface area (TPSA) is 29.5 Å². The van der Waals surface area contributed by atoms with Gasteiger partial charge in [0, 0.05) is 26.1 Å². The number of carbonyl (C=O) groups is 1. The van der Waals surface area contributed by atoms with Gasteiger partial charge in [-0.1, -0.05) is 42.5 Å². The number of rotatable bonds is 7. The fraction of sp³-hybridized carbons (Fsp3) is 0.350. The maximum Gasteiger partial charge on any atom is 0.226 e. The Balaban J connectivity index is 1.66. The maximum atomic E-state index is 13.0. The summed E-state index contributed by atoms with van der Waals surface area (Å²) in [6, 6.07) is 16.5. The predicted octanol–water partition coefficient (Wildman–Crippen LogP) is 3.60. The molecular formula is C20H22FNO2. The molecule has 0 heterocycles. The second-order valence-corrected chi connectivity index (χ2v) is 6.24. The van der Waals surface area contributed by atoms with Gasteiger partial charge in [-0.15, -0.1) is 0 Å². The van der Waals surface area contributed by atoms with E-state index in [9.17, 15) is 9.18 Å². The second-order valence-electron chi connectivity index (χ2n) is 6.24. The van der Waals surface area contributed by atoms with E-state index in [1.54, 1.807) is 19.2 Å². The third-order valence-corrected chi connectivity index (χ3v) is 4.50. The van der Waals surface area contributed by atoms with Crippen molar-refractivity contribution in [1.82, 2.24) is 4.90 Å². The molecule has 3 nitrogen and oxygen atoms in total. The lowest BCUT2D eigenvalue weighted by Crippen LogP contribution is -2.34. The highest BCUT2D eigenvalue weighted by Crippen LogP contribution is 2.48. The number of nitrogens with zero attached hydrogens (tertiary/aromatic N) is 1. The quantitative estimate of drug-likeness (QED) is 0.777. The molecule has 0 spiro atoms. The Bertz CT molecular complexity index is 672. The van der Waals surface area contributed by atoms with E-state index < -0.39 is 0 Å². The van der Waals surface area contributed by atoms with Crippen LogP contribution >= 0.6 is 0 Å². The molecule has 1 aliphatic carbocycles. The number of halogens is 1. The van der Waals surface area contributed by atoms with Crippen molar-refractivity contribution in [3.63, 3.8) is 0 Å². The molecular weight excluding hydrogens is 305 g/mol. The van der Waals surface area contributed by atoms with Crippen molar-refractivity contribution < 1.29 is 13.9 Å². The van der Waals surface area contributed by atoms with E-state index in [1.807, 2.05) is 35.2 Å². The van der Waals surface area contributed by atoms with Crippen LogP contribution in [-0.4, -0.2) is 31.1 Å². The zero-order chi connectivity index (χ0) is 16.9. The number of benzene rings is 2. The lowest BCUT2D eigenvalue weighted by molar-refractivity contribution is -0.134. The fourth-order valence-electron chi connectivity index (χ4n) is 3.05. The van der Waals surface area contributed by atoms with Gasteiger partial charge in [0.15, 0.2) is 0 Å². The van der Waals surface area contributed by atoms with Crippen molar-refractivity contribution >= 4 is 5.91 Å². The van der Waals surface area contributed by atoms with Crippen LogP contribution in [0.5, 0.6) is 0 Å². The van der Waals surface area contributed by atoms with E-state index in [4.69, 9.17) is 4.74 Å². The van der Waals surface area contributed by atoms with Gasteiger partial charge in [0.05, 0.1) is 6.61 Å². The summed E-state index contributed by atoms with van der Waals surface area (Å²) in [6.07, 6.45) is 0.836.